The van der Waals surface area contributed by atoms with Gasteiger partial charge in [-0.25, -0.2) is 0 Å². The standard InChI is InChI=1S/C15H8Br2F6/c16-12-3-1-8(7-14(18,19)20)5-10(12)11-6-9(15(21,22)23)2-4-13(11)17/h1-6H,7H2. The number of hydrogen-bond acceptors (Lipinski definition) is 0. The number of alkyl halides is 6. The van der Waals surface area contributed by atoms with Gasteiger partial charge in [-0.2, -0.15) is 26.3 Å². The van der Waals surface area contributed by atoms with Gasteiger partial charge in [0.15, 0.2) is 0 Å². The van der Waals surface area contributed by atoms with Crippen LogP contribution in [0.1, 0.15) is 11.1 Å². The molecule has 0 saturated heterocycles. The van der Waals surface area contributed by atoms with Crippen LogP contribution < -0.4 is 0 Å². The first-order valence-electron chi connectivity index (χ1n) is 6.20. The molecular weight excluding hydrogens is 454 g/mol. The predicted octanol–water partition coefficient (Wildman–Crippen LogP) is 7.00. The zero-order valence-corrected chi connectivity index (χ0v) is 14.4. The van der Waals surface area contributed by atoms with Crippen LogP contribution in [0.2, 0.25) is 0 Å². The molecule has 0 spiro atoms. The zero-order chi connectivity index (χ0) is 17.4. The fourth-order valence-corrected chi connectivity index (χ4v) is 2.95. The molecule has 2 rings (SSSR count). The molecule has 0 atom stereocenters. The lowest BCUT2D eigenvalue weighted by molar-refractivity contribution is -0.137. The second kappa shape index (κ2) is 6.47. The maximum absolute atomic E-state index is 12.8. The monoisotopic (exact) mass is 460 g/mol. The van der Waals surface area contributed by atoms with Gasteiger partial charge in [-0.15, -0.1) is 0 Å². The summed E-state index contributed by atoms with van der Waals surface area (Å²) in [6, 6.07) is 6.94. The van der Waals surface area contributed by atoms with Gasteiger partial charge >= 0.3 is 12.4 Å². The van der Waals surface area contributed by atoms with Crippen LogP contribution >= 0.6 is 31.9 Å². The minimum absolute atomic E-state index is 0.0278. The van der Waals surface area contributed by atoms with Gasteiger partial charge in [-0.3, -0.25) is 0 Å². The number of benzene rings is 2. The lowest BCUT2D eigenvalue weighted by Gasteiger charge is -2.14. The summed E-state index contributed by atoms with van der Waals surface area (Å²) in [5.41, 5.74) is -0.482. The first kappa shape index (κ1) is 18.3. The summed E-state index contributed by atoms with van der Waals surface area (Å²) in [5.74, 6) is 0. The van der Waals surface area contributed by atoms with Crippen molar-refractivity contribution in [2.45, 2.75) is 18.8 Å². The molecule has 0 aliphatic heterocycles. The van der Waals surface area contributed by atoms with Gasteiger partial charge in [0, 0.05) is 8.95 Å². The molecule has 0 aromatic heterocycles. The van der Waals surface area contributed by atoms with Crippen molar-refractivity contribution < 1.29 is 26.3 Å². The molecular formula is C15H8Br2F6. The maximum Gasteiger partial charge on any atom is 0.416 e. The van der Waals surface area contributed by atoms with Crippen LogP contribution in [0.3, 0.4) is 0 Å². The van der Waals surface area contributed by atoms with Crippen molar-refractivity contribution in [1.82, 2.24) is 0 Å². The van der Waals surface area contributed by atoms with E-state index in [0.717, 1.165) is 12.1 Å². The first-order valence-corrected chi connectivity index (χ1v) is 7.78. The average Bonchev–Trinajstić information content (AvgIpc) is 2.39. The molecule has 0 bridgehead atoms. The molecule has 23 heavy (non-hydrogen) atoms. The molecule has 0 heterocycles. The van der Waals surface area contributed by atoms with Crippen molar-refractivity contribution in [2.75, 3.05) is 0 Å². The molecule has 0 nitrogen and oxygen atoms in total. The topological polar surface area (TPSA) is 0 Å². The highest BCUT2D eigenvalue weighted by molar-refractivity contribution is 9.11. The van der Waals surface area contributed by atoms with E-state index in [2.05, 4.69) is 31.9 Å². The minimum atomic E-state index is -4.54. The molecule has 0 N–H and O–H groups in total. The zero-order valence-electron chi connectivity index (χ0n) is 11.2. The molecule has 0 fully saturated rings. The van der Waals surface area contributed by atoms with E-state index in [9.17, 15) is 26.3 Å². The van der Waals surface area contributed by atoms with Gasteiger partial charge < -0.3 is 0 Å². The Hall–Kier alpha value is -1.02. The highest BCUT2D eigenvalue weighted by Crippen LogP contribution is 2.39. The molecule has 0 aliphatic carbocycles. The third-order valence-corrected chi connectivity index (χ3v) is 4.40. The normalized spacial score (nSPS) is 12.5. The Balaban J connectivity index is 2.55. The Bertz CT molecular complexity index is 719. The van der Waals surface area contributed by atoms with Crippen LogP contribution in [-0.2, 0) is 12.6 Å². The Morgan fingerprint density at radius 2 is 1.26 bits per heavy atom. The Morgan fingerprint density at radius 3 is 1.78 bits per heavy atom. The fraction of sp³-hybridized carbons (Fsp3) is 0.200. The highest BCUT2D eigenvalue weighted by atomic mass is 79.9. The van der Waals surface area contributed by atoms with Gasteiger partial charge in [0.25, 0.3) is 0 Å². The second-order valence-electron chi connectivity index (χ2n) is 4.80. The molecule has 0 aliphatic rings. The number of halogens is 8. The largest absolute Gasteiger partial charge is 0.416 e. The summed E-state index contributed by atoms with van der Waals surface area (Å²) in [5, 5.41) is 0. The van der Waals surface area contributed by atoms with Gasteiger partial charge in [-0.05, 0) is 47.0 Å². The van der Waals surface area contributed by atoms with E-state index in [4.69, 9.17) is 0 Å². The Morgan fingerprint density at radius 1 is 0.739 bits per heavy atom. The highest BCUT2D eigenvalue weighted by Gasteiger charge is 2.31. The Kier molecular flexibility index (Phi) is 5.15. The van der Waals surface area contributed by atoms with E-state index in [1.807, 2.05) is 0 Å². The average molecular weight is 462 g/mol. The number of hydrogen-bond donors (Lipinski definition) is 0. The Labute approximate surface area is 144 Å². The van der Waals surface area contributed by atoms with Crippen molar-refractivity contribution in [3.63, 3.8) is 0 Å². The summed E-state index contributed by atoms with van der Waals surface area (Å²) >= 11 is 6.32. The quantitative estimate of drug-likeness (QED) is 0.422. The second-order valence-corrected chi connectivity index (χ2v) is 6.51. The fourth-order valence-electron chi connectivity index (χ4n) is 2.03. The molecule has 0 amide bonds. The van der Waals surface area contributed by atoms with Crippen molar-refractivity contribution >= 4 is 31.9 Å². The summed E-state index contributed by atoms with van der Waals surface area (Å²) < 4.78 is 76.8. The van der Waals surface area contributed by atoms with E-state index in [0.29, 0.717) is 8.95 Å². The van der Waals surface area contributed by atoms with Crippen molar-refractivity contribution in [2.24, 2.45) is 0 Å². The summed E-state index contributed by atoms with van der Waals surface area (Å²) in [6.45, 7) is 0. The lowest BCUT2D eigenvalue weighted by Crippen LogP contribution is -2.11. The molecule has 2 aromatic carbocycles. The first-order chi connectivity index (χ1) is 10.5. The van der Waals surface area contributed by atoms with Crippen LogP contribution in [0.4, 0.5) is 26.3 Å². The summed E-state index contributed by atoms with van der Waals surface area (Å²) in [6.07, 6.45) is -10.1. The molecule has 0 saturated carbocycles. The number of rotatable bonds is 2. The van der Waals surface area contributed by atoms with Gasteiger partial charge in [-0.1, -0.05) is 37.9 Å². The molecule has 124 valence electrons. The van der Waals surface area contributed by atoms with Crippen LogP contribution in [-0.4, -0.2) is 6.18 Å². The molecule has 8 heteroatoms. The van der Waals surface area contributed by atoms with Gasteiger partial charge in [0.1, 0.15) is 0 Å². The smallest absolute Gasteiger partial charge is 0.171 e. The van der Waals surface area contributed by atoms with Crippen LogP contribution in [0, 0.1) is 0 Å². The van der Waals surface area contributed by atoms with Crippen molar-refractivity contribution in [1.29, 1.82) is 0 Å². The molecule has 0 unspecified atom stereocenters. The van der Waals surface area contributed by atoms with Crippen molar-refractivity contribution in [3.8, 4) is 11.1 Å². The summed E-state index contributed by atoms with van der Waals surface area (Å²) in [4.78, 5) is 0. The van der Waals surface area contributed by atoms with E-state index in [1.165, 1.54) is 24.3 Å². The lowest BCUT2D eigenvalue weighted by atomic mass is 9.99. The van der Waals surface area contributed by atoms with Crippen LogP contribution in [0.25, 0.3) is 11.1 Å². The molecule has 0 radical (unpaired) electrons. The maximum atomic E-state index is 12.8. The van der Waals surface area contributed by atoms with E-state index in [-0.39, 0.29) is 16.7 Å². The minimum Gasteiger partial charge on any atom is -0.171 e. The van der Waals surface area contributed by atoms with Crippen molar-refractivity contribution in [3.05, 3.63) is 56.5 Å². The van der Waals surface area contributed by atoms with Crippen LogP contribution in [0.15, 0.2) is 45.3 Å². The third kappa shape index (κ3) is 4.73. The van der Waals surface area contributed by atoms with E-state index < -0.39 is 24.3 Å². The van der Waals surface area contributed by atoms with E-state index >= 15 is 0 Å². The van der Waals surface area contributed by atoms with Crippen LogP contribution in [0.5, 0.6) is 0 Å². The van der Waals surface area contributed by atoms with Gasteiger partial charge in [0.05, 0.1) is 12.0 Å². The summed E-state index contributed by atoms with van der Waals surface area (Å²) in [7, 11) is 0. The SMILES string of the molecule is FC(F)(F)Cc1ccc(Br)c(-c2cc(C(F)(F)F)ccc2Br)c1. The van der Waals surface area contributed by atoms with E-state index in [1.54, 1.807) is 0 Å². The molecule has 2 aromatic rings. The third-order valence-electron chi connectivity index (χ3n) is 3.02. The van der Waals surface area contributed by atoms with Gasteiger partial charge in [0.2, 0.25) is 0 Å². The predicted molar refractivity (Wildman–Crippen MR) is 82.0 cm³/mol.